The number of piperazine rings is 1. The molecule has 1 heterocycles. The molecule has 1 fully saturated rings. The molecule has 1 amide bonds. The van der Waals surface area contributed by atoms with Crippen molar-refractivity contribution in [2.24, 2.45) is 0 Å². The molecule has 0 spiro atoms. The number of carbonyl (C=O) groups excluding carboxylic acids is 1. The lowest BCUT2D eigenvalue weighted by molar-refractivity contribution is -0.895. The lowest BCUT2D eigenvalue weighted by Gasteiger charge is -2.31. The van der Waals surface area contributed by atoms with Crippen molar-refractivity contribution in [1.29, 1.82) is 0 Å². The van der Waals surface area contributed by atoms with E-state index in [0.29, 0.717) is 31.7 Å². The van der Waals surface area contributed by atoms with Gasteiger partial charge in [0, 0.05) is 12.1 Å². The average molecular weight is 392 g/mol. The van der Waals surface area contributed by atoms with Crippen molar-refractivity contribution in [1.82, 2.24) is 9.62 Å². The highest BCUT2D eigenvalue weighted by molar-refractivity contribution is 7.89. The summed E-state index contributed by atoms with van der Waals surface area (Å²) in [6.45, 7) is 2.24. The average Bonchev–Trinajstić information content (AvgIpc) is 2.68. The van der Waals surface area contributed by atoms with Gasteiger partial charge in [0.25, 0.3) is 5.91 Å². The van der Waals surface area contributed by atoms with Gasteiger partial charge in [-0.25, -0.2) is 12.8 Å². The second-order valence-electron chi connectivity index (χ2n) is 6.51. The summed E-state index contributed by atoms with van der Waals surface area (Å²) in [5, 5.41) is 2.72. The molecule has 144 valence electrons. The number of sulfonamides is 1. The third-order valence-electron chi connectivity index (χ3n) is 4.65. The first-order chi connectivity index (χ1) is 13.0. The van der Waals surface area contributed by atoms with Crippen molar-refractivity contribution in [2.75, 3.05) is 32.7 Å². The largest absolute Gasteiger partial charge is 0.347 e. The monoisotopic (exact) mass is 392 g/mol. The van der Waals surface area contributed by atoms with Crippen molar-refractivity contribution in [3.05, 3.63) is 66.0 Å². The molecular formula is C19H23FN3O3S+. The lowest BCUT2D eigenvalue weighted by Crippen LogP contribution is -3.15. The number of nitrogens with zero attached hydrogens (tertiary/aromatic N) is 1. The number of rotatable bonds is 6. The van der Waals surface area contributed by atoms with E-state index >= 15 is 0 Å². The third kappa shape index (κ3) is 4.91. The molecule has 0 atom stereocenters. The molecule has 1 aliphatic rings. The number of hydrogen-bond donors (Lipinski definition) is 2. The fourth-order valence-electron chi connectivity index (χ4n) is 3.09. The molecule has 0 radical (unpaired) electrons. The second-order valence-corrected chi connectivity index (χ2v) is 8.45. The third-order valence-corrected chi connectivity index (χ3v) is 6.57. The molecule has 1 aliphatic heterocycles. The normalized spacial score (nSPS) is 16.2. The minimum Gasteiger partial charge on any atom is -0.347 e. The van der Waals surface area contributed by atoms with Gasteiger partial charge < -0.3 is 10.2 Å². The molecule has 0 aliphatic carbocycles. The maximum Gasteiger partial charge on any atom is 0.275 e. The Morgan fingerprint density at radius 1 is 1.04 bits per heavy atom. The van der Waals surface area contributed by atoms with Crippen LogP contribution in [0.2, 0.25) is 0 Å². The molecule has 1 saturated heterocycles. The Kier molecular flexibility index (Phi) is 6.20. The molecule has 0 aromatic heterocycles. The molecule has 0 saturated carbocycles. The highest BCUT2D eigenvalue weighted by Crippen LogP contribution is 2.14. The number of benzene rings is 2. The first-order valence-corrected chi connectivity index (χ1v) is 10.3. The topological polar surface area (TPSA) is 70.9 Å². The minimum atomic E-state index is -3.49. The zero-order valence-electron chi connectivity index (χ0n) is 14.9. The number of hydrogen-bond acceptors (Lipinski definition) is 3. The molecule has 0 unspecified atom stereocenters. The van der Waals surface area contributed by atoms with Gasteiger partial charge in [0.1, 0.15) is 5.82 Å². The number of amides is 1. The zero-order valence-corrected chi connectivity index (χ0v) is 15.7. The summed E-state index contributed by atoms with van der Waals surface area (Å²) in [6.07, 6.45) is 0. The minimum absolute atomic E-state index is 0.146. The van der Waals surface area contributed by atoms with Crippen LogP contribution in [0.25, 0.3) is 0 Å². The number of halogens is 1. The highest BCUT2D eigenvalue weighted by Gasteiger charge is 2.30. The van der Waals surface area contributed by atoms with Gasteiger partial charge in [0.2, 0.25) is 10.0 Å². The van der Waals surface area contributed by atoms with E-state index in [4.69, 9.17) is 0 Å². The van der Waals surface area contributed by atoms with E-state index in [0.717, 1.165) is 4.90 Å². The van der Waals surface area contributed by atoms with Crippen LogP contribution in [0.5, 0.6) is 0 Å². The van der Waals surface area contributed by atoms with Crippen molar-refractivity contribution in [2.45, 2.75) is 11.4 Å². The van der Waals surface area contributed by atoms with Crippen LogP contribution in [0.15, 0.2) is 59.5 Å². The molecule has 27 heavy (non-hydrogen) atoms. The summed E-state index contributed by atoms with van der Waals surface area (Å²) in [4.78, 5) is 13.4. The summed E-state index contributed by atoms with van der Waals surface area (Å²) in [7, 11) is -3.49. The molecule has 2 aromatic carbocycles. The van der Waals surface area contributed by atoms with Crippen LogP contribution in [0.1, 0.15) is 5.56 Å². The van der Waals surface area contributed by atoms with Crippen LogP contribution in [0.4, 0.5) is 4.39 Å². The summed E-state index contributed by atoms with van der Waals surface area (Å²) in [5.41, 5.74) is 0.444. The van der Waals surface area contributed by atoms with E-state index in [2.05, 4.69) is 5.32 Å². The molecule has 6 nitrogen and oxygen atoms in total. The van der Waals surface area contributed by atoms with E-state index in [-0.39, 0.29) is 29.7 Å². The first kappa shape index (κ1) is 19.5. The van der Waals surface area contributed by atoms with Crippen molar-refractivity contribution in [3.8, 4) is 0 Å². The molecule has 0 bridgehead atoms. The summed E-state index contributed by atoms with van der Waals surface area (Å²) in [6, 6.07) is 14.7. The van der Waals surface area contributed by atoms with Crippen LogP contribution in [-0.2, 0) is 21.4 Å². The number of nitrogens with one attached hydrogen (secondary N) is 2. The molecular weight excluding hydrogens is 369 g/mol. The van der Waals surface area contributed by atoms with Crippen LogP contribution in [0.3, 0.4) is 0 Å². The van der Waals surface area contributed by atoms with Crippen molar-refractivity contribution >= 4 is 15.9 Å². The Labute approximate surface area is 158 Å². The van der Waals surface area contributed by atoms with Crippen LogP contribution in [-0.4, -0.2) is 51.4 Å². The Balaban J connectivity index is 1.48. The summed E-state index contributed by atoms with van der Waals surface area (Å²) >= 11 is 0. The van der Waals surface area contributed by atoms with Gasteiger partial charge in [-0.05, 0) is 18.2 Å². The van der Waals surface area contributed by atoms with Gasteiger partial charge >= 0.3 is 0 Å². The fraction of sp³-hybridized carbons (Fsp3) is 0.316. The second kappa shape index (κ2) is 8.60. The highest BCUT2D eigenvalue weighted by atomic mass is 32.2. The Morgan fingerprint density at radius 2 is 1.67 bits per heavy atom. The standard InChI is InChI=1S/C19H22FN3O3S/c20-18-9-5-4-6-16(18)14-21-19(24)15-22-10-12-23(13-11-22)27(25,26)17-7-2-1-3-8-17/h1-9H,10-15H2,(H,21,24)/p+1. The van der Waals surface area contributed by atoms with Crippen LogP contribution in [0, 0.1) is 5.82 Å². The smallest absolute Gasteiger partial charge is 0.275 e. The lowest BCUT2D eigenvalue weighted by atomic mass is 10.2. The van der Waals surface area contributed by atoms with E-state index in [1.54, 1.807) is 48.5 Å². The maximum absolute atomic E-state index is 13.6. The Morgan fingerprint density at radius 3 is 2.33 bits per heavy atom. The molecule has 2 aromatic rings. The van der Waals surface area contributed by atoms with E-state index in [9.17, 15) is 17.6 Å². The molecule has 8 heteroatoms. The van der Waals surface area contributed by atoms with Gasteiger partial charge in [-0.15, -0.1) is 0 Å². The SMILES string of the molecule is O=C(C[NH+]1CCN(S(=O)(=O)c2ccccc2)CC1)NCc1ccccc1F. The number of carbonyl (C=O) groups is 1. The van der Waals surface area contributed by atoms with E-state index in [1.165, 1.54) is 10.4 Å². The summed E-state index contributed by atoms with van der Waals surface area (Å²) in [5.74, 6) is -0.516. The quantitative estimate of drug-likeness (QED) is 0.729. The van der Waals surface area contributed by atoms with E-state index in [1.807, 2.05) is 0 Å². The molecule has 3 rings (SSSR count). The Hall–Kier alpha value is -2.29. The van der Waals surface area contributed by atoms with E-state index < -0.39 is 10.0 Å². The Bertz CT molecular complexity index is 882. The fourth-order valence-corrected chi connectivity index (χ4v) is 4.55. The zero-order chi connectivity index (χ0) is 19.3. The predicted molar refractivity (Wildman–Crippen MR) is 99.0 cm³/mol. The van der Waals surface area contributed by atoms with Gasteiger partial charge in [0.15, 0.2) is 6.54 Å². The molecule has 2 N–H and O–H groups in total. The van der Waals surface area contributed by atoms with Gasteiger partial charge in [-0.1, -0.05) is 36.4 Å². The van der Waals surface area contributed by atoms with Crippen molar-refractivity contribution < 1.29 is 22.5 Å². The number of quaternary nitrogens is 1. The van der Waals surface area contributed by atoms with Gasteiger partial charge in [0.05, 0.1) is 31.1 Å². The maximum atomic E-state index is 13.6. The van der Waals surface area contributed by atoms with Crippen LogP contribution >= 0.6 is 0 Å². The predicted octanol–water partition coefficient (Wildman–Crippen LogP) is 0.0313. The van der Waals surface area contributed by atoms with Crippen molar-refractivity contribution in [3.63, 3.8) is 0 Å². The summed E-state index contributed by atoms with van der Waals surface area (Å²) < 4.78 is 40.3. The van der Waals surface area contributed by atoms with Gasteiger partial charge in [-0.3, -0.25) is 4.79 Å². The van der Waals surface area contributed by atoms with Gasteiger partial charge in [-0.2, -0.15) is 4.31 Å². The van der Waals surface area contributed by atoms with Crippen LogP contribution < -0.4 is 10.2 Å². The first-order valence-electron chi connectivity index (χ1n) is 8.85.